The third-order valence-electron chi connectivity index (χ3n) is 3.61. The van der Waals surface area contributed by atoms with Crippen molar-refractivity contribution in [2.24, 2.45) is 0 Å². The number of carbonyl (C=O) groups is 1. The first-order valence-corrected chi connectivity index (χ1v) is 8.11. The van der Waals surface area contributed by atoms with Gasteiger partial charge in [-0.25, -0.2) is 0 Å². The van der Waals surface area contributed by atoms with E-state index in [0.29, 0.717) is 42.0 Å². The Morgan fingerprint density at radius 3 is 2.54 bits per heavy atom. The van der Waals surface area contributed by atoms with Crippen LogP contribution in [0.15, 0.2) is 42.5 Å². The Hall–Kier alpha value is -2.24. The molecule has 0 saturated carbocycles. The number of nitrogens with one attached hydrogen (secondary N) is 1. The molecule has 126 valence electrons. The van der Waals surface area contributed by atoms with Crippen molar-refractivity contribution >= 4 is 23.2 Å². The highest BCUT2D eigenvalue weighted by Crippen LogP contribution is 2.37. The van der Waals surface area contributed by atoms with Crippen molar-refractivity contribution in [3.8, 4) is 11.5 Å². The third-order valence-corrected chi connectivity index (χ3v) is 3.93. The molecule has 0 unspecified atom stereocenters. The Morgan fingerprint density at radius 1 is 1.17 bits per heavy atom. The number of amides is 1. The van der Waals surface area contributed by atoms with Crippen LogP contribution in [0.3, 0.4) is 0 Å². The Balaban J connectivity index is 1.60. The van der Waals surface area contributed by atoms with Gasteiger partial charge in [0.15, 0.2) is 11.5 Å². The molecule has 0 saturated heterocycles. The normalized spacial score (nSPS) is 13.0. The minimum atomic E-state index is -0.132. The lowest BCUT2D eigenvalue weighted by atomic mass is 10.2. The van der Waals surface area contributed by atoms with E-state index in [4.69, 9.17) is 21.1 Å². The predicted octanol–water partition coefficient (Wildman–Crippen LogP) is 3.18. The zero-order valence-electron chi connectivity index (χ0n) is 13.4. The van der Waals surface area contributed by atoms with Crippen LogP contribution in [-0.4, -0.2) is 37.6 Å². The molecule has 0 bridgehead atoms. The molecule has 3 rings (SSSR count). The lowest BCUT2D eigenvalue weighted by Gasteiger charge is -2.20. The van der Waals surface area contributed by atoms with E-state index in [1.54, 1.807) is 12.1 Å². The average Bonchev–Trinajstić information content (AvgIpc) is 2.56. The Labute approximate surface area is 146 Å². The molecule has 1 N–H and O–H groups in total. The number of hydrogen-bond acceptors (Lipinski definition) is 4. The molecule has 0 fully saturated rings. The van der Waals surface area contributed by atoms with E-state index in [2.05, 4.69) is 5.32 Å². The summed E-state index contributed by atoms with van der Waals surface area (Å²) in [6, 6.07) is 13.4. The minimum absolute atomic E-state index is 0.132. The molecule has 5 nitrogen and oxygen atoms in total. The first-order valence-electron chi connectivity index (χ1n) is 7.73. The fourth-order valence-corrected chi connectivity index (χ4v) is 2.75. The van der Waals surface area contributed by atoms with Crippen LogP contribution in [0.4, 0.5) is 5.69 Å². The zero-order valence-corrected chi connectivity index (χ0v) is 14.2. The smallest absolute Gasteiger partial charge is 0.238 e. The summed E-state index contributed by atoms with van der Waals surface area (Å²) in [5.41, 5.74) is 1.68. The summed E-state index contributed by atoms with van der Waals surface area (Å²) in [7, 11) is 1.90. The van der Waals surface area contributed by atoms with Crippen LogP contribution in [-0.2, 0) is 11.3 Å². The summed E-state index contributed by atoms with van der Waals surface area (Å²) in [5.74, 6) is 1.07. The zero-order chi connectivity index (χ0) is 16.9. The second-order valence-corrected chi connectivity index (χ2v) is 6.09. The number of fused-ring (bicyclic) bond motifs is 1. The summed E-state index contributed by atoms with van der Waals surface area (Å²) >= 11 is 6.21. The quantitative estimate of drug-likeness (QED) is 0.903. The number of halogens is 1. The number of hydrogen-bond donors (Lipinski definition) is 1. The third kappa shape index (κ3) is 4.19. The van der Waals surface area contributed by atoms with Gasteiger partial charge in [0.25, 0.3) is 0 Å². The monoisotopic (exact) mass is 346 g/mol. The van der Waals surface area contributed by atoms with Gasteiger partial charge in [0.2, 0.25) is 5.91 Å². The van der Waals surface area contributed by atoms with Crippen LogP contribution < -0.4 is 14.8 Å². The molecule has 1 aliphatic heterocycles. The number of nitrogens with zero attached hydrogens (tertiary/aromatic N) is 1. The van der Waals surface area contributed by atoms with E-state index in [9.17, 15) is 4.79 Å². The maximum atomic E-state index is 12.2. The van der Waals surface area contributed by atoms with Crippen molar-refractivity contribution in [1.29, 1.82) is 0 Å². The SMILES string of the molecule is CN(CC(=O)Nc1cc2c(cc1Cl)OCCO2)Cc1ccccc1. The van der Waals surface area contributed by atoms with Gasteiger partial charge in [-0.2, -0.15) is 0 Å². The maximum absolute atomic E-state index is 12.2. The molecule has 2 aromatic rings. The number of ether oxygens (including phenoxy) is 2. The number of likely N-dealkylation sites (N-methyl/N-ethyl adjacent to an activating group) is 1. The molecule has 1 amide bonds. The first-order chi connectivity index (χ1) is 11.6. The highest BCUT2D eigenvalue weighted by atomic mass is 35.5. The van der Waals surface area contributed by atoms with Crippen molar-refractivity contribution in [3.05, 3.63) is 53.1 Å². The van der Waals surface area contributed by atoms with Gasteiger partial charge in [-0.1, -0.05) is 41.9 Å². The van der Waals surface area contributed by atoms with E-state index >= 15 is 0 Å². The van der Waals surface area contributed by atoms with Gasteiger partial charge >= 0.3 is 0 Å². The van der Waals surface area contributed by atoms with Crippen molar-refractivity contribution < 1.29 is 14.3 Å². The molecule has 0 radical (unpaired) electrons. The molecule has 0 aromatic heterocycles. The van der Waals surface area contributed by atoms with Gasteiger partial charge in [0, 0.05) is 18.7 Å². The predicted molar refractivity (Wildman–Crippen MR) is 93.8 cm³/mol. The van der Waals surface area contributed by atoms with Crippen LogP contribution >= 0.6 is 11.6 Å². The van der Waals surface area contributed by atoms with Crippen molar-refractivity contribution in [2.75, 3.05) is 32.1 Å². The van der Waals surface area contributed by atoms with Gasteiger partial charge in [-0.3, -0.25) is 9.69 Å². The number of anilines is 1. The Bertz CT molecular complexity index is 722. The fraction of sp³-hybridized carbons (Fsp3) is 0.278. The summed E-state index contributed by atoms with van der Waals surface area (Å²) in [6.45, 7) is 1.95. The van der Waals surface area contributed by atoms with Gasteiger partial charge in [-0.15, -0.1) is 0 Å². The minimum Gasteiger partial charge on any atom is -0.486 e. The highest BCUT2D eigenvalue weighted by Gasteiger charge is 2.17. The van der Waals surface area contributed by atoms with Gasteiger partial charge in [-0.05, 0) is 12.6 Å². The number of benzene rings is 2. The molecule has 6 heteroatoms. The molecule has 0 atom stereocenters. The molecule has 2 aromatic carbocycles. The molecular formula is C18H19ClN2O3. The van der Waals surface area contributed by atoms with E-state index in [1.807, 2.05) is 42.3 Å². The molecular weight excluding hydrogens is 328 g/mol. The fourth-order valence-electron chi connectivity index (χ4n) is 2.55. The van der Waals surface area contributed by atoms with Crippen LogP contribution in [0, 0.1) is 0 Å². The molecule has 1 heterocycles. The molecule has 1 aliphatic rings. The van der Waals surface area contributed by atoms with Crippen molar-refractivity contribution in [1.82, 2.24) is 4.90 Å². The Morgan fingerprint density at radius 2 is 1.83 bits per heavy atom. The average molecular weight is 347 g/mol. The van der Waals surface area contributed by atoms with Crippen molar-refractivity contribution in [2.45, 2.75) is 6.54 Å². The first kappa shape index (κ1) is 16.6. The largest absolute Gasteiger partial charge is 0.486 e. The van der Waals surface area contributed by atoms with Gasteiger partial charge in [0.05, 0.1) is 17.3 Å². The summed E-state index contributed by atoms with van der Waals surface area (Å²) in [5, 5.41) is 3.26. The van der Waals surface area contributed by atoms with E-state index in [0.717, 1.165) is 5.56 Å². The lowest BCUT2D eigenvalue weighted by Crippen LogP contribution is -2.30. The van der Waals surface area contributed by atoms with E-state index in [1.165, 1.54) is 0 Å². The summed E-state index contributed by atoms with van der Waals surface area (Å²) < 4.78 is 11.0. The molecule has 0 aliphatic carbocycles. The maximum Gasteiger partial charge on any atom is 0.238 e. The van der Waals surface area contributed by atoms with Gasteiger partial charge in [0.1, 0.15) is 13.2 Å². The van der Waals surface area contributed by atoms with Crippen LogP contribution in [0.25, 0.3) is 0 Å². The number of rotatable bonds is 5. The second kappa shape index (κ2) is 7.55. The lowest BCUT2D eigenvalue weighted by molar-refractivity contribution is -0.117. The van der Waals surface area contributed by atoms with Crippen molar-refractivity contribution in [3.63, 3.8) is 0 Å². The van der Waals surface area contributed by atoms with Crippen LogP contribution in [0.5, 0.6) is 11.5 Å². The van der Waals surface area contributed by atoms with Crippen LogP contribution in [0.2, 0.25) is 5.02 Å². The van der Waals surface area contributed by atoms with Crippen LogP contribution in [0.1, 0.15) is 5.56 Å². The standard InChI is InChI=1S/C18H19ClN2O3/c1-21(11-13-5-3-2-4-6-13)12-18(22)20-15-10-17-16(9-14(15)19)23-7-8-24-17/h2-6,9-10H,7-8,11-12H2,1H3,(H,20,22). The van der Waals surface area contributed by atoms with E-state index < -0.39 is 0 Å². The second-order valence-electron chi connectivity index (χ2n) is 5.68. The summed E-state index contributed by atoms with van der Waals surface area (Å²) in [6.07, 6.45) is 0. The molecule has 0 spiro atoms. The van der Waals surface area contributed by atoms with E-state index in [-0.39, 0.29) is 12.5 Å². The van der Waals surface area contributed by atoms with Gasteiger partial charge < -0.3 is 14.8 Å². The molecule has 24 heavy (non-hydrogen) atoms. The topological polar surface area (TPSA) is 50.8 Å². The Kier molecular flexibility index (Phi) is 5.23. The summed E-state index contributed by atoms with van der Waals surface area (Å²) in [4.78, 5) is 14.2. The number of carbonyl (C=O) groups excluding carboxylic acids is 1. The highest BCUT2D eigenvalue weighted by molar-refractivity contribution is 6.34.